The van der Waals surface area contributed by atoms with E-state index in [4.69, 9.17) is 17.0 Å². The largest absolute Gasteiger partial charge is 0.304 e. The van der Waals surface area contributed by atoms with Gasteiger partial charge in [-0.15, -0.1) is 11.6 Å². The molecule has 0 aliphatic rings. The summed E-state index contributed by atoms with van der Waals surface area (Å²) in [6, 6.07) is 0. The van der Waals surface area contributed by atoms with Gasteiger partial charge in [0.05, 0.1) is 5.88 Å². The SMILES string of the molecule is CC/C=C(/C)C(=N)CCl. The van der Waals surface area contributed by atoms with E-state index in [1.165, 1.54) is 0 Å². The van der Waals surface area contributed by atoms with E-state index >= 15 is 0 Å². The number of alkyl halides is 1. The van der Waals surface area contributed by atoms with E-state index in [1.54, 1.807) is 0 Å². The molecule has 0 heterocycles. The lowest BCUT2D eigenvalue weighted by molar-refractivity contribution is 1.20. The number of hydrogen-bond donors (Lipinski definition) is 1. The molecular weight excluding hydrogens is 134 g/mol. The lowest BCUT2D eigenvalue weighted by Gasteiger charge is -1.96. The molecule has 0 bridgehead atoms. The summed E-state index contributed by atoms with van der Waals surface area (Å²) in [5.74, 6) is 0.322. The summed E-state index contributed by atoms with van der Waals surface area (Å²) in [7, 11) is 0. The van der Waals surface area contributed by atoms with Gasteiger partial charge in [0.2, 0.25) is 0 Å². The van der Waals surface area contributed by atoms with Crippen LogP contribution in [0.4, 0.5) is 0 Å². The Morgan fingerprint density at radius 1 is 1.67 bits per heavy atom. The standard InChI is InChI=1S/C7H12ClN/c1-3-4-6(2)7(9)5-8/h4,9H,3,5H2,1-2H3/b6-4-,9-7?. The van der Waals surface area contributed by atoms with Gasteiger partial charge in [-0.05, 0) is 18.9 Å². The minimum absolute atomic E-state index is 0.322. The molecule has 0 aromatic carbocycles. The molecule has 0 amide bonds. The van der Waals surface area contributed by atoms with Gasteiger partial charge in [-0.25, -0.2) is 0 Å². The van der Waals surface area contributed by atoms with Crippen molar-refractivity contribution >= 4 is 17.3 Å². The Morgan fingerprint density at radius 3 is 2.56 bits per heavy atom. The predicted molar refractivity (Wildman–Crippen MR) is 42.5 cm³/mol. The number of rotatable bonds is 3. The zero-order valence-electron chi connectivity index (χ0n) is 5.87. The molecule has 0 saturated carbocycles. The van der Waals surface area contributed by atoms with E-state index in [9.17, 15) is 0 Å². The van der Waals surface area contributed by atoms with Gasteiger partial charge in [-0.3, -0.25) is 0 Å². The fourth-order valence-electron chi connectivity index (χ4n) is 0.535. The zero-order valence-corrected chi connectivity index (χ0v) is 6.63. The molecule has 0 spiro atoms. The molecule has 0 aromatic heterocycles. The van der Waals surface area contributed by atoms with Crippen molar-refractivity contribution in [2.75, 3.05) is 5.88 Å². The molecule has 2 heteroatoms. The average molecular weight is 146 g/mol. The van der Waals surface area contributed by atoms with Gasteiger partial charge in [0.25, 0.3) is 0 Å². The molecule has 0 aliphatic carbocycles. The first kappa shape index (κ1) is 8.70. The van der Waals surface area contributed by atoms with Crippen LogP contribution in [0.2, 0.25) is 0 Å². The van der Waals surface area contributed by atoms with E-state index in [0.717, 1.165) is 12.0 Å². The summed E-state index contributed by atoms with van der Waals surface area (Å²) >= 11 is 5.42. The minimum atomic E-state index is 0.322. The van der Waals surface area contributed by atoms with Crippen LogP contribution in [0.1, 0.15) is 20.3 Å². The highest BCUT2D eigenvalue weighted by atomic mass is 35.5. The smallest absolute Gasteiger partial charge is 0.0642 e. The van der Waals surface area contributed by atoms with Crippen LogP contribution in [0.5, 0.6) is 0 Å². The molecule has 0 rings (SSSR count). The van der Waals surface area contributed by atoms with E-state index in [-0.39, 0.29) is 0 Å². The van der Waals surface area contributed by atoms with Gasteiger partial charge in [0.15, 0.2) is 0 Å². The third-order valence-corrected chi connectivity index (χ3v) is 1.39. The fraction of sp³-hybridized carbons (Fsp3) is 0.571. The van der Waals surface area contributed by atoms with E-state index < -0.39 is 0 Å². The summed E-state index contributed by atoms with van der Waals surface area (Å²) in [4.78, 5) is 0. The first-order valence-electron chi connectivity index (χ1n) is 3.02. The van der Waals surface area contributed by atoms with Gasteiger partial charge in [0, 0.05) is 5.71 Å². The summed E-state index contributed by atoms with van der Waals surface area (Å²) < 4.78 is 0. The third kappa shape index (κ3) is 3.31. The molecule has 1 N–H and O–H groups in total. The van der Waals surface area contributed by atoms with Crippen molar-refractivity contribution in [1.29, 1.82) is 5.41 Å². The predicted octanol–water partition coefficient (Wildman–Crippen LogP) is 2.60. The second-order valence-electron chi connectivity index (χ2n) is 1.91. The van der Waals surface area contributed by atoms with Crippen molar-refractivity contribution in [3.8, 4) is 0 Å². The minimum Gasteiger partial charge on any atom is -0.304 e. The van der Waals surface area contributed by atoms with Crippen LogP contribution in [0.25, 0.3) is 0 Å². The van der Waals surface area contributed by atoms with Crippen molar-refractivity contribution in [2.45, 2.75) is 20.3 Å². The van der Waals surface area contributed by atoms with Crippen molar-refractivity contribution in [3.63, 3.8) is 0 Å². The van der Waals surface area contributed by atoms with Crippen LogP contribution in [-0.4, -0.2) is 11.6 Å². The molecule has 1 nitrogen and oxygen atoms in total. The highest BCUT2D eigenvalue weighted by Gasteiger charge is 1.93. The topological polar surface area (TPSA) is 23.9 Å². The molecule has 52 valence electrons. The molecule has 0 radical (unpaired) electrons. The summed E-state index contributed by atoms with van der Waals surface area (Å²) in [6.07, 6.45) is 2.98. The van der Waals surface area contributed by atoms with E-state index in [2.05, 4.69) is 0 Å². The summed E-state index contributed by atoms with van der Waals surface area (Å²) in [5, 5.41) is 7.25. The van der Waals surface area contributed by atoms with Crippen LogP contribution in [0.3, 0.4) is 0 Å². The van der Waals surface area contributed by atoms with Crippen molar-refractivity contribution in [3.05, 3.63) is 11.6 Å². The maximum Gasteiger partial charge on any atom is 0.0642 e. The Hall–Kier alpha value is -0.300. The Balaban J connectivity index is 3.86. The third-order valence-electron chi connectivity index (χ3n) is 1.12. The quantitative estimate of drug-likeness (QED) is 0.466. The second-order valence-corrected chi connectivity index (χ2v) is 2.17. The van der Waals surface area contributed by atoms with Gasteiger partial charge in [-0.1, -0.05) is 13.0 Å². The lowest BCUT2D eigenvalue weighted by Crippen LogP contribution is -1.98. The van der Waals surface area contributed by atoms with Crippen molar-refractivity contribution in [2.24, 2.45) is 0 Å². The maximum absolute atomic E-state index is 7.25. The van der Waals surface area contributed by atoms with Crippen LogP contribution in [-0.2, 0) is 0 Å². The highest BCUT2D eigenvalue weighted by Crippen LogP contribution is 1.98. The van der Waals surface area contributed by atoms with E-state index in [0.29, 0.717) is 11.6 Å². The first-order chi connectivity index (χ1) is 4.22. The first-order valence-corrected chi connectivity index (χ1v) is 3.56. The lowest BCUT2D eigenvalue weighted by atomic mass is 10.2. The summed E-state index contributed by atoms with van der Waals surface area (Å²) in [5.41, 5.74) is 1.52. The van der Waals surface area contributed by atoms with Crippen LogP contribution >= 0.6 is 11.6 Å². The fourth-order valence-corrected chi connectivity index (χ4v) is 0.746. The van der Waals surface area contributed by atoms with Crippen LogP contribution in [0.15, 0.2) is 11.6 Å². The average Bonchev–Trinajstić information content (AvgIpc) is 1.87. The maximum atomic E-state index is 7.25. The molecule has 9 heavy (non-hydrogen) atoms. The van der Waals surface area contributed by atoms with Crippen LogP contribution in [0, 0.1) is 5.41 Å². The number of hydrogen-bond acceptors (Lipinski definition) is 1. The normalized spacial score (nSPS) is 11.7. The Morgan fingerprint density at radius 2 is 2.22 bits per heavy atom. The monoisotopic (exact) mass is 145 g/mol. The Kier molecular flexibility index (Phi) is 4.41. The van der Waals surface area contributed by atoms with Crippen molar-refractivity contribution < 1.29 is 0 Å². The zero-order chi connectivity index (χ0) is 7.28. The number of allylic oxidation sites excluding steroid dienone is 2. The molecule has 0 unspecified atom stereocenters. The Bertz CT molecular complexity index is 127. The second kappa shape index (κ2) is 4.57. The van der Waals surface area contributed by atoms with Gasteiger partial charge >= 0.3 is 0 Å². The molecular formula is C7H12ClN. The molecule has 0 atom stereocenters. The van der Waals surface area contributed by atoms with E-state index in [1.807, 2.05) is 19.9 Å². The van der Waals surface area contributed by atoms with Gasteiger partial charge in [-0.2, -0.15) is 0 Å². The summed E-state index contributed by atoms with van der Waals surface area (Å²) in [6.45, 7) is 3.96. The van der Waals surface area contributed by atoms with Crippen molar-refractivity contribution in [1.82, 2.24) is 0 Å². The molecule has 0 fully saturated rings. The van der Waals surface area contributed by atoms with Gasteiger partial charge in [0.1, 0.15) is 0 Å². The number of halogens is 1. The molecule has 0 aliphatic heterocycles. The van der Waals surface area contributed by atoms with Crippen LogP contribution < -0.4 is 0 Å². The Labute approximate surface area is 61.2 Å². The highest BCUT2D eigenvalue weighted by molar-refractivity contribution is 6.30. The number of nitrogens with one attached hydrogen (secondary N) is 1. The molecule has 0 aromatic rings. The van der Waals surface area contributed by atoms with Gasteiger partial charge < -0.3 is 5.41 Å². The molecule has 0 saturated heterocycles.